The summed E-state index contributed by atoms with van der Waals surface area (Å²) in [5.41, 5.74) is 4.70. The average Bonchev–Trinajstić information content (AvgIpc) is 3.57. The molecule has 6 rings (SSSR count). The fourth-order valence-corrected chi connectivity index (χ4v) is 6.12. The van der Waals surface area contributed by atoms with Gasteiger partial charge in [0.05, 0.1) is 23.4 Å². The molecule has 10 nitrogen and oxygen atoms in total. The fraction of sp³-hybridized carbons (Fsp3) is 0.370. The second-order valence-corrected chi connectivity index (χ2v) is 10.7. The number of methoxy groups -OCH3 is 1. The largest absolute Gasteiger partial charge is 0.383 e. The van der Waals surface area contributed by atoms with Crippen LogP contribution in [0.5, 0.6) is 0 Å². The van der Waals surface area contributed by atoms with Crippen LogP contribution in [0, 0.1) is 13.8 Å². The normalized spacial score (nSPS) is 15.5. The highest BCUT2D eigenvalue weighted by Crippen LogP contribution is 2.32. The van der Waals surface area contributed by atoms with Crippen molar-refractivity contribution in [3.8, 4) is 0 Å². The summed E-state index contributed by atoms with van der Waals surface area (Å²) in [5.74, 6) is 0.643. The summed E-state index contributed by atoms with van der Waals surface area (Å²) in [4.78, 5) is 26.1. The Hall–Kier alpha value is -3.67. The number of aryl methyl sites for hydroxylation is 2. The number of anilines is 1. The Kier molecular flexibility index (Phi) is 6.64. The number of thiazole rings is 1. The molecule has 0 saturated carbocycles. The molecule has 1 saturated heterocycles. The molecule has 1 N–H and O–H groups in total. The van der Waals surface area contributed by atoms with E-state index in [1.54, 1.807) is 23.1 Å². The van der Waals surface area contributed by atoms with Gasteiger partial charge in [-0.25, -0.2) is 9.67 Å². The van der Waals surface area contributed by atoms with Crippen molar-refractivity contribution < 1.29 is 4.74 Å². The lowest BCUT2D eigenvalue weighted by Gasteiger charge is -2.38. The minimum absolute atomic E-state index is 0.124. The number of nitrogens with one attached hydrogen (secondary N) is 1. The molecule has 38 heavy (non-hydrogen) atoms. The maximum Gasteiger partial charge on any atom is 0.253 e. The van der Waals surface area contributed by atoms with Crippen LogP contribution in [0.2, 0.25) is 0 Å². The van der Waals surface area contributed by atoms with E-state index in [1.165, 1.54) is 10.3 Å². The number of tetrazole rings is 1. The van der Waals surface area contributed by atoms with E-state index in [-0.39, 0.29) is 5.56 Å². The van der Waals surface area contributed by atoms with Crippen LogP contribution in [0.15, 0.2) is 47.3 Å². The Morgan fingerprint density at radius 2 is 1.87 bits per heavy atom. The molecule has 1 aliphatic heterocycles. The number of hydrogen-bond donors (Lipinski definition) is 1. The lowest BCUT2D eigenvalue weighted by molar-refractivity contribution is 0.171. The van der Waals surface area contributed by atoms with Gasteiger partial charge in [0, 0.05) is 44.4 Å². The first kappa shape index (κ1) is 24.7. The molecular formula is C27H30N8O2S. The van der Waals surface area contributed by atoms with Gasteiger partial charge in [0.2, 0.25) is 0 Å². The zero-order chi connectivity index (χ0) is 26.2. The number of piperazine rings is 1. The number of hydrogen-bond acceptors (Lipinski definition) is 9. The Morgan fingerprint density at radius 1 is 1.08 bits per heavy atom. The summed E-state index contributed by atoms with van der Waals surface area (Å²) in [6.07, 6.45) is 0. The van der Waals surface area contributed by atoms with Crippen LogP contribution in [0.1, 0.15) is 28.6 Å². The lowest BCUT2D eigenvalue weighted by atomic mass is 10.0. The van der Waals surface area contributed by atoms with Crippen molar-refractivity contribution in [2.24, 2.45) is 0 Å². The highest BCUT2D eigenvalue weighted by Gasteiger charge is 2.33. The third-order valence-electron chi connectivity index (χ3n) is 7.33. The van der Waals surface area contributed by atoms with Crippen LogP contribution in [-0.4, -0.2) is 75.0 Å². The number of H-pyrrole nitrogens is 1. The van der Waals surface area contributed by atoms with Crippen LogP contribution in [-0.2, 0) is 11.3 Å². The van der Waals surface area contributed by atoms with E-state index in [0.29, 0.717) is 24.5 Å². The number of aromatic amines is 1. The van der Waals surface area contributed by atoms with E-state index >= 15 is 0 Å². The van der Waals surface area contributed by atoms with E-state index in [2.05, 4.69) is 62.4 Å². The number of aromatic nitrogens is 6. The Balaban J connectivity index is 1.36. The molecule has 0 aliphatic carbocycles. The molecule has 3 aromatic heterocycles. The maximum atomic E-state index is 13.5. The minimum atomic E-state index is -0.394. The third kappa shape index (κ3) is 4.57. The number of pyridine rings is 1. The number of ether oxygens (including phenoxy) is 1. The minimum Gasteiger partial charge on any atom is -0.383 e. The quantitative estimate of drug-likeness (QED) is 0.342. The highest BCUT2D eigenvalue weighted by molar-refractivity contribution is 7.22. The van der Waals surface area contributed by atoms with Gasteiger partial charge in [0.25, 0.3) is 5.56 Å². The number of nitrogens with zero attached hydrogens (tertiary/aromatic N) is 7. The summed E-state index contributed by atoms with van der Waals surface area (Å²) >= 11 is 1.72. The van der Waals surface area contributed by atoms with Gasteiger partial charge in [-0.05, 0) is 71.1 Å². The number of para-hydroxylation sites is 1. The van der Waals surface area contributed by atoms with Gasteiger partial charge in [-0.15, -0.1) is 5.10 Å². The Bertz CT molecular complexity index is 1620. The summed E-state index contributed by atoms with van der Waals surface area (Å²) in [6, 6.07) is 14.0. The highest BCUT2D eigenvalue weighted by atomic mass is 32.1. The predicted molar refractivity (Wildman–Crippen MR) is 149 cm³/mol. The van der Waals surface area contributed by atoms with Crippen molar-refractivity contribution in [1.82, 2.24) is 35.1 Å². The zero-order valence-electron chi connectivity index (χ0n) is 21.7. The molecule has 0 amide bonds. The van der Waals surface area contributed by atoms with Gasteiger partial charge in [0.1, 0.15) is 6.04 Å². The van der Waals surface area contributed by atoms with E-state index in [4.69, 9.17) is 9.72 Å². The van der Waals surface area contributed by atoms with Crippen molar-refractivity contribution in [3.05, 3.63) is 75.3 Å². The van der Waals surface area contributed by atoms with E-state index in [9.17, 15) is 4.79 Å². The number of fused-ring (bicyclic) bond motifs is 2. The molecule has 1 aliphatic rings. The monoisotopic (exact) mass is 530 g/mol. The molecule has 5 aromatic rings. The number of benzene rings is 2. The zero-order valence-corrected chi connectivity index (χ0v) is 22.5. The average molecular weight is 531 g/mol. The summed E-state index contributed by atoms with van der Waals surface area (Å²) < 4.78 is 8.22. The van der Waals surface area contributed by atoms with Gasteiger partial charge in [-0.1, -0.05) is 23.5 Å². The van der Waals surface area contributed by atoms with E-state index < -0.39 is 6.04 Å². The first-order valence-corrected chi connectivity index (χ1v) is 13.6. The standard InChI is InChI=1S/C27H30N8O2S/c1-17-14-19-16-20(26(36)28-22(19)15-18(17)2)24(25-30-31-32-35(25)12-13-37-3)33-8-10-34(11-9-33)27-29-21-6-4-5-7-23(21)38-27/h4-7,14-16,24H,8-13H2,1-3H3,(H,28,36)/t24-/m0/s1. The van der Waals surface area contributed by atoms with E-state index in [1.807, 2.05) is 24.3 Å². The van der Waals surface area contributed by atoms with Crippen LogP contribution >= 0.6 is 11.3 Å². The molecule has 1 atom stereocenters. The first-order chi connectivity index (χ1) is 18.5. The molecule has 0 unspecified atom stereocenters. The molecule has 0 spiro atoms. The van der Waals surface area contributed by atoms with Gasteiger partial charge in [0.15, 0.2) is 11.0 Å². The molecule has 0 radical (unpaired) electrons. The molecule has 0 bridgehead atoms. The van der Waals surface area contributed by atoms with Crippen LogP contribution in [0.25, 0.3) is 21.1 Å². The van der Waals surface area contributed by atoms with Crippen molar-refractivity contribution >= 4 is 37.6 Å². The van der Waals surface area contributed by atoms with Crippen molar-refractivity contribution in [3.63, 3.8) is 0 Å². The molecule has 1 fully saturated rings. The maximum absolute atomic E-state index is 13.5. The Morgan fingerprint density at radius 3 is 2.66 bits per heavy atom. The third-order valence-corrected chi connectivity index (χ3v) is 8.42. The van der Waals surface area contributed by atoms with Crippen LogP contribution in [0.4, 0.5) is 5.13 Å². The summed E-state index contributed by atoms with van der Waals surface area (Å²) in [7, 11) is 1.65. The second kappa shape index (κ2) is 10.2. The predicted octanol–water partition coefficient (Wildman–Crippen LogP) is 3.30. The number of rotatable bonds is 7. The van der Waals surface area contributed by atoms with Gasteiger partial charge in [-0.3, -0.25) is 9.69 Å². The van der Waals surface area contributed by atoms with Crippen molar-refractivity contribution in [2.45, 2.75) is 26.4 Å². The molecule has 2 aromatic carbocycles. The van der Waals surface area contributed by atoms with Gasteiger partial charge in [-0.2, -0.15) is 0 Å². The molecular weight excluding hydrogens is 500 g/mol. The summed E-state index contributed by atoms with van der Waals surface area (Å²) in [5, 5.41) is 14.6. The topological polar surface area (TPSA) is 105 Å². The molecule has 196 valence electrons. The van der Waals surface area contributed by atoms with Crippen LogP contribution < -0.4 is 10.5 Å². The van der Waals surface area contributed by atoms with Gasteiger partial charge < -0.3 is 14.6 Å². The first-order valence-electron chi connectivity index (χ1n) is 12.8. The smallest absolute Gasteiger partial charge is 0.253 e. The SMILES string of the molecule is COCCn1nnnc1[C@H](c1cc2cc(C)c(C)cc2[nH]c1=O)N1CCN(c2nc3ccccc3s2)CC1. The fourth-order valence-electron chi connectivity index (χ4n) is 5.11. The van der Waals surface area contributed by atoms with Crippen LogP contribution in [0.3, 0.4) is 0 Å². The van der Waals surface area contributed by atoms with Gasteiger partial charge >= 0.3 is 0 Å². The lowest BCUT2D eigenvalue weighted by Crippen LogP contribution is -2.49. The van der Waals surface area contributed by atoms with E-state index in [0.717, 1.165) is 53.3 Å². The summed E-state index contributed by atoms with van der Waals surface area (Å²) in [6.45, 7) is 8.18. The second-order valence-electron chi connectivity index (χ2n) is 9.72. The van der Waals surface area contributed by atoms with Crippen molar-refractivity contribution in [2.75, 3.05) is 44.8 Å². The van der Waals surface area contributed by atoms with Crippen molar-refractivity contribution in [1.29, 1.82) is 0 Å². The molecule has 11 heteroatoms. The Labute approximate surface area is 223 Å². The molecule has 4 heterocycles.